The number of aliphatic hydroxyl groups is 1. The molecule has 3 heterocycles. The Morgan fingerprint density at radius 2 is 1.71 bits per heavy atom. The van der Waals surface area contributed by atoms with E-state index in [2.05, 4.69) is 9.88 Å². The number of aromatic nitrogens is 2. The number of carbonyl (C=O) groups excluding carboxylic acids is 1. The number of hydrogen-bond acceptors (Lipinski definition) is 5. The number of carboxylic acid groups (broad SMARTS) is 1. The highest BCUT2D eigenvalue weighted by Crippen LogP contribution is 2.27. The molecule has 0 unspecified atom stereocenters. The number of piperazine rings is 1. The van der Waals surface area contributed by atoms with Gasteiger partial charge in [-0.25, -0.2) is 9.18 Å². The standard InChI is InChI=1S/C21H21Cl2FN4O3.C2HF3O2/c22-16-11-18-20(30)25-12-14(28(18)19(16)23)9-13-1-2-17(24)15(10-13)21(31)27-5-3-26(4-6-27)7-8-29;3-2(4,5)1(6)7/h1-2,10-12,29H,3-9H2,(H,25,30);(H,6,7). The van der Waals surface area contributed by atoms with Gasteiger partial charge in [0.1, 0.15) is 16.5 Å². The van der Waals surface area contributed by atoms with Crippen molar-refractivity contribution >= 4 is 40.6 Å². The van der Waals surface area contributed by atoms with Crippen molar-refractivity contribution < 1.29 is 37.4 Å². The van der Waals surface area contributed by atoms with Gasteiger partial charge in [-0.1, -0.05) is 29.3 Å². The highest BCUT2D eigenvalue weighted by molar-refractivity contribution is 6.42. The molecule has 9 nitrogen and oxygen atoms in total. The number of aliphatic carboxylic acids is 1. The first kappa shape index (κ1) is 29.4. The first-order valence-corrected chi connectivity index (χ1v) is 11.9. The SMILES string of the molecule is O=C(O)C(F)(F)F.O=C(c1cc(Cc2c[nH]c(=O)c3cc(Cl)c(Cl)n23)ccc1F)N1CCN(CCO)CC1. The Bertz CT molecular complexity index is 1380. The van der Waals surface area contributed by atoms with E-state index < -0.39 is 18.0 Å². The lowest BCUT2D eigenvalue weighted by molar-refractivity contribution is -0.192. The largest absolute Gasteiger partial charge is 0.490 e. The normalized spacial score (nSPS) is 14.3. The molecule has 0 saturated carbocycles. The van der Waals surface area contributed by atoms with Crippen molar-refractivity contribution in [3.63, 3.8) is 0 Å². The lowest BCUT2D eigenvalue weighted by atomic mass is 10.0. The number of nitrogens with one attached hydrogen (secondary N) is 1. The van der Waals surface area contributed by atoms with Gasteiger partial charge in [-0.15, -0.1) is 0 Å². The minimum absolute atomic E-state index is 0.00501. The lowest BCUT2D eigenvalue weighted by Crippen LogP contribution is -2.49. The Kier molecular flexibility index (Phi) is 9.41. The zero-order chi connectivity index (χ0) is 28.2. The van der Waals surface area contributed by atoms with E-state index in [4.69, 9.17) is 38.2 Å². The van der Waals surface area contributed by atoms with Crippen molar-refractivity contribution in [2.45, 2.75) is 12.6 Å². The van der Waals surface area contributed by atoms with Gasteiger partial charge in [0.15, 0.2) is 0 Å². The van der Waals surface area contributed by atoms with Crippen molar-refractivity contribution in [2.24, 2.45) is 0 Å². The molecule has 1 amide bonds. The topological polar surface area (TPSA) is 118 Å². The van der Waals surface area contributed by atoms with E-state index in [0.29, 0.717) is 55.9 Å². The predicted molar refractivity (Wildman–Crippen MR) is 130 cm³/mol. The molecule has 3 N–H and O–H groups in total. The molecule has 206 valence electrons. The molecule has 1 aliphatic rings. The van der Waals surface area contributed by atoms with E-state index in [1.165, 1.54) is 24.4 Å². The maximum Gasteiger partial charge on any atom is 0.490 e. The van der Waals surface area contributed by atoms with Crippen LogP contribution in [0.3, 0.4) is 0 Å². The summed E-state index contributed by atoms with van der Waals surface area (Å²) in [6.45, 7) is 2.84. The molecule has 0 bridgehead atoms. The van der Waals surface area contributed by atoms with E-state index in [9.17, 15) is 27.2 Å². The van der Waals surface area contributed by atoms with Crippen LogP contribution in [0.15, 0.2) is 35.3 Å². The van der Waals surface area contributed by atoms with Crippen LogP contribution in [0.25, 0.3) is 5.52 Å². The molecule has 0 aliphatic carbocycles. The number of hydrogen-bond donors (Lipinski definition) is 3. The summed E-state index contributed by atoms with van der Waals surface area (Å²) in [5.74, 6) is -3.70. The summed E-state index contributed by atoms with van der Waals surface area (Å²) in [4.78, 5) is 40.2. The minimum Gasteiger partial charge on any atom is -0.475 e. The number of aliphatic hydroxyl groups excluding tert-OH is 1. The zero-order valence-corrected chi connectivity index (χ0v) is 21.1. The third kappa shape index (κ3) is 6.84. The minimum atomic E-state index is -5.08. The van der Waals surface area contributed by atoms with Gasteiger partial charge in [0.05, 0.1) is 17.2 Å². The number of rotatable bonds is 5. The number of H-pyrrole nitrogens is 1. The molecule has 38 heavy (non-hydrogen) atoms. The number of nitrogens with zero attached hydrogens (tertiary/aromatic N) is 3. The second kappa shape index (κ2) is 12.2. The smallest absolute Gasteiger partial charge is 0.475 e. The van der Waals surface area contributed by atoms with Crippen LogP contribution < -0.4 is 5.56 Å². The van der Waals surface area contributed by atoms with Crippen LogP contribution in [0.2, 0.25) is 10.2 Å². The first-order valence-electron chi connectivity index (χ1n) is 11.1. The summed E-state index contributed by atoms with van der Waals surface area (Å²) in [5.41, 5.74) is 1.33. The highest BCUT2D eigenvalue weighted by Gasteiger charge is 2.38. The summed E-state index contributed by atoms with van der Waals surface area (Å²) < 4.78 is 47.8. The van der Waals surface area contributed by atoms with Crippen LogP contribution in [-0.2, 0) is 11.2 Å². The number of halogens is 6. The fourth-order valence-corrected chi connectivity index (χ4v) is 4.31. The molecule has 0 spiro atoms. The maximum atomic E-state index is 14.5. The van der Waals surface area contributed by atoms with Gasteiger partial charge in [0, 0.05) is 51.0 Å². The van der Waals surface area contributed by atoms with Crippen molar-refractivity contribution in [1.29, 1.82) is 0 Å². The summed E-state index contributed by atoms with van der Waals surface area (Å²) in [6, 6.07) is 5.90. The van der Waals surface area contributed by atoms with Crippen LogP contribution in [0.4, 0.5) is 17.6 Å². The van der Waals surface area contributed by atoms with E-state index in [1.807, 2.05) is 0 Å². The molecule has 1 fully saturated rings. The van der Waals surface area contributed by atoms with Gasteiger partial charge in [0.25, 0.3) is 11.5 Å². The van der Waals surface area contributed by atoms with E-state index in [0.717, 1.165) is 0 Å². The van der Waals surface area contributed by atoms with Crippen LogP contribution in [-0.4, -0.2) is 86.8 Å². The van der Waals surface area contributed by atoms with Gasteiger partial charge in [-0.05, 0) is 23.8 Å². The summed E-state index contributed by atoms with van der Waals surface area (Å²) in [7, 11) is 0. The highest BCUT2D eigenvalue weighted by atomic mass is 35.5. The number of carboxylic acids is 1. The fourth-order valence-electron chi connectivity index (χ4n) is 3.86. The first-order chi connectivity index (χ1) is 17.8. The number of amides is 1. The number of fused-ring (bicyclic) bond motifs is 1. The molecule has 0 atom stereocenters. The van der Waals surface area contributed by atoms with Crippen LogP contribution in [0.1, 0.15) is 21.6 Å². The molecule has 15 heteroatoms. The van der Waals surface area contributed by atoms with Crippen LogP contribution in [0, 0.1) is 5.82 Å². The fraction of sp³-hybridized carbons (Fsp3) is 0.348. The lowest BCUT2D eigenvalue weighted by Gasteiger charge is -2.34. The number of carbonyl (C=O) groups is 2. The molecule has 3 aromatic rings. The summed E-state index contributed by atoms with van der Waals surface area (Å²) in [6.07, 6.45) is -3.24. The Labute approximate surface area is 222 Å². The third-order valence-electron chi connectivity index (χ3n) is 5.75. The molecular weight excluding hydrogens is 559 g/mol. The molecule has 0 radical (unpaired) electrons. The number of benzene rings is 1. The molecular formula is C23H22Cl2F4N4O5. The molecule has 2 aromatic heterocycles. The monoisotopic (exact) mass is 580 g/mol. The maximum absolute atomic E-state index is 14.5. The third-order valence-corrected chi connectivity index (χ3v) is 6.51. The van der Waals surface area contributed by atoms with Crippen LogP contribution in [0.5, 0.6) is 0 Å². The summed E-state index contributed by atoms with van der Waals surface area (Å²) >= 11 is 12.3. The quantitative estimate of drug-likeness (QED) is 0.399. The second-order valence-electron chi connectivity index (χ2n) is 8.26. The predicted octanol–water partition coefficient (Wildman–Crippen LogP) is 3.05. The van der Waals surface area contributed by atoms with E-state index in [1.54, 1.807) is 15.4 Å². The van der Waals surface area contributed by atoms with Crippen LogP contribution >= 0.6 is 23.2 Å². The van der Waals surface area contributed by atoms with Gasteiger partial charge in [-0.3, -0.25) is 18.9 Å². The van der Waals surface area contributed by atoms with Gasteiger partial charge in [-0.2, -0.15) is 13.2 Å². The summed E-state index contributed by atoms with van der Waals surface area (Å²) in [5, 5.41) is 16.7. The second-order valence-corrected chi connectivity index (χ2v) is 9.03. The van der Waals surface area contributed by atoms with Gasteiger partial charge in [0.2, 0.25) is 0 Å². The van der Waals surface area contributed by atoms with Crippen molar-refractivity contribution in [1.82, 2.24) is 19.2 Å². The molecule has 1 saturated heterocycles. The zero-order valence-electron chi connectivity index (χ0n) is 19.6. The molecule has 1 aromatic carbocycles. The number of aromatic amines is 1. The van der Waals surface area contributed by atoms with Gasteiger partial charge >= 0.3 is 12.1 Å². The molecule has 4 rings (SSSR count). The Morgan fingerprint density at radius 1 is 1.08 bits per heavy atom. The Hall–Kier alpha value is -3.13. The van der Waals surface area contributed by atoms with Crippen molar-refractivity contribution in [3.05, 3.63) is 73.6 Å². The Balaban J connectivity index is 0.000000505. The van der Waals surface area contributed by atoms with Crippen molar-refractivity contribution in [3.8, 4) is 0 Å². The Morgan fingerprint density at radius 3 is 2.29 bits per heavy atom. The molecule has 1 aliphatic heterocycles. The van der Waals surface area contributed by atoms with Crippen molar-refractivity contribution in [2.75, 3.05) is 39.3 Å². The number of β-amino-alcohol motifs (C(OH)–C–C–N with tert-alkyl or cyclic N) is 1. The number of alkyl halides is 3. The van der Waals surface area contributed by atoms with Gasteiger partial charge < -0.3 is 20.1 Å². The van der Waals surface area contributed by atoms with E-state index >= 15 is 0 Å². The average molecular weight is 581 g/mol. The average Bonchev–Trinajstić information content (AvgIpc) is 3.17. The van der Waals surface area contributed by atoms with E-state index in [-0.39, 0.29) is 33.8 Å².